The highest BCUT2D eigenvalue weighted by molar-refractivity contribution is 7.90. The molecule has 0 radical (unpaired) electrons. The number of alkyl halides is 3. The predicted molar refractivity (Wildman–Crippen MR) is 137 cm³/mol. The molecule has 0 aliphatic carbocycles. The Hall–Kier alpha value is -4.19. The Bertz CT molecular complexity index is 1720. The van der Waals surface area contributed by atoms with Gasteiger partial charge in [0.2, 0.25) is 0 Å². The second-order valence-electron chi connectivity index (χ2n) is 9.04. The van der Waals surface area contributed by atoms with Crippen LogP contribution in [0.4, 0.5) is 13.2 Å². The smallest absolute Gasteiger partial charge is 0.361 e. The number of pyridine rings is 1. The second-order valence-corrected chi connectivity index (χ2v) is 11.1. The van der Waals surface area contributed by atoms with E-state index in [9.17, 15) is 31.2 Å². The fraction of sp³-hybridized carbons (Fsp3) is 0.222. The highest BCUT2D eigenvalue weighted by atomic mass is 32.2. The van der Waals surface area contributed by atoms with Gasteiger partial charge < -0.3 is 9.84 Å². The number of nitrogens with one attached hydrogen (secondary N) is 1. The van der Waals surface area contributed by atoms with Gasteiger partial charge in [0, 0.05) is 35.3 Å². The third kappa shape index (κ3) is 5.65. The number of nitrogens with zero attached hydrogens (tertiary/aromatic N) is 2. The Morgan fingerprint density at radius 1 is 1.05 bits per heavy atom. The third-order valence-corrected chi connectivity index (χ3v) is 7.36. The minimum Gasteiger partial charge on any atom is -0.361 e. The van der Waals surface area contributed by atoms with Crippen LogP contribution >= 0.6 is 0 Å². The first-order chi connectivity index (χ1) is 18.2. The van der Waals surface area contributed by atoms with Crippen LogP contribution in [0.25, 0.3) is 16.8 Å². The molecule has 1 amide bonds. The van der Waals surface area contributed by atoms with E-state index in [0.717, 1.165) is 23.0 Å². The minimum absolute atomic E-state index is 0.0274. The summed E-state index contributed by atoms with van der Waals surface area (Å²) in [6.07, 6.45) is -3.56. The second kappa shape index (κ2) is 10.2. The van der Waals surface area contributed by atoms with Crippen LogP contribution in [-0.4, -0.2) is 30.3 Å². The molecule has 12 heteroatoms. The van der Waals surface area contributed by atoms with Gasteiger partial charge in [-0.25, -0.2) is 8.42 Å². The molecular formula is C27H24F3N3O5S. The van der Waals surface area contributed by atoms with Gasteiger partial charge in [0.15, 0.2) is 9.84 Å². The standard InChI is InChI=1S/C27H24F3N3O5S/c1-15-24(17(3)38-32-15)22-13-23(25(34)31-14-18-8-10-21(11-9-18)39(4,36)37)26(35)33(16(22)2)20-7-5-6-19(12-20)27(28,29)30/h5-13H,14H2,1-4H3,(H,31,34). The van der Waals surface area contributed by atoms with E-state index in [4.69, 9.17) is 4.52 Å². The monoisotopic (exact) mass is 559 g/mol. The number of amides is 1. The van der Waals surface area contributed by atoms with Crippen molar-refractivity contribution in [3.63, 3.8) is 0 Å². The van der Waals surface area contributed by atoms with Gasteiger partial charge in [-0.2, -0.15) is 13.2 Å². The van der Waals surface area contributed by atoms with Crippen molar-refractivity contribution >= 4 is 15.7 Å². The van der Waals surface area contributed by atoms with Crippen molar-refractivity contribution in [2.45, 2.75) is 38.4 Å². The number of rotatable bonds is 6. The van der Waals surface area contributed by atoms with Gasteiger partial charge >= 0.3 is 6.18 Å². The van der Waals surface area contributed by atoms with Crippen LogP contribution in [0.3, 0.4) is 0 Å². The summed E-state index contributed by atoms with van der Waals surface area (Å²) in [5.74, 6) is -0.358. The van der Waals surface area contributed by atoms with Crippen molar-refractivity contribution in [2.24, 2.45) is 0 Å². The summed E-state index contributed by atoms with van der Waals surface area (Å²) in [7, 11) is -3.40. The van der Waals surface area contributed by atoms with Crippen molar-refractivity contribution in [2.75, 3.05) is 6.26 Å². The molecule has 0 atom stereocenters. The number of aromatic nitrogens is 2. The molecule has 0 spiro atoms. The van der Waals surface area contributed by atoms with E-state index in [1.54, 1.807) is 20.8 Å². The maximum Gasteiger partial charge on any atom is 0.416 e. The molecule has 0 aliphatic heterocycles. The molecule has 0 saturated heterocycles. The first-order valence-electron chi connectivity index (χ1n) is 11.6. The number of carbonyl (C=O) groups is 1. The van der Waals surface area contributed by atoms with Gasteiger partial charge in [0.1, 0.15) is 11.3 Å². The molecular weight excluding hydrogens is 535 g/mol. The van der Waals surface area contributed by atoms with Gasteiger partial charge in [-0.3, -0.25) is 14.2 Å². The van der Waals surface area contributed by atoms with E-state index in [1.165, 1.54) is 42.5 Å². The van der Waals surface area contributed by atoms with E-state index in [-0.39, 0.29) is 22.7 Å². The largest absolute Gasteiger partial charge is 0.416 e. The summed E-state index contributed by atoms with van der Waals surface area (Å²) in [6.45, 7) is 4.85. The van der Waals surface area contributed by atoms with Crippen molar-refractivity contribution in [3.05, 3.63) is 98.8 Å². The number of aryl methyl sites for hydroxylation is 2. The molecule has 4 aromatic rings. The zero-order valence-electron chi connectivity index (χ0n) is 21.4. The van der Waals surface area contributed by atoms with Crippen molar-refractivity contribution in [1.29, 1.82) is 0 Å². The first kappa shape index (κ1) is 27.8. The maximum absolute atomic E-state index is 13.6. The zero-order chi connectivity index (χ0) is 28.7. The van der Waals surface area contributed by atoms with Crippen LogP contribution in [0.15, 0.2) is 68.8 Å². The Morgan fingerprint density at radius 2 is 1.72 bits per heavy atom. The average molecular weight is 560 g/mol. The predicted octanol–water partition coefficient (Wildman–Crippen LogP) is 4.77. The topological polar surface area (TPSA) is 111 Å². The normalized spacial score (nSPS) is 12.0. The van der Waals surface area contributed by atoms with Crippen LogP contribution in [0, 0.1) is 20.8 Å². The number of carbonyl (C=O) groups excluding carboxylic acids is 1. The molecule has 4 rings (SSSR count). The lowest BCUT2D eigenvalue weighted by Crippen LogP contribution is -2.33. The summed E-state index contributed by atoms with van der Waals surface area (Å²) in [5, 5.41) is 6.55. The fourth-order valence-corrected chi connectivity index (χ4v) is 4.88. The summed E-state index contributed by atoms with van der Waals surface area (Å²) in [4.78, 5) is 26.9. The number of hydrogen-bond donors (Lipinski definition) is 1. The number of halogens is 3. The van der Waals surface area contributed by atoms with E-state index in [1.807, 2.05) is 0 Å². The Kier molecular flexibility index (Phi) is 7.26. The number of hydrogen-bond acceptors (Lipinski definition) is 6. The molecule has 0 saturated carbocycles. The summed E-state index contributed by atoms with van der Waals surface area (Å²) in [5.41, 5.74) is 0.123. The van der Waals surface area contributed by atoms with E-state index >= 15 is 0 Å². The lowest BCUT2D eigenvalue weighted by molar-refractivity contribution is -0.137. The number of sulfone groups is 1. The third-order valence-electron chi connectivity index (χ3n) is 6.23. The van der Waals surface area contributed by atoms with Crippen molar-refractivity contribution in [1.82, 2.24) is 15.0 Å². The van der Waals surface area contributed by atoms with E-state index < -0.39 is 33.0 Å². The van der Waals surface area contributed by atoms with E-state index in [0.29, 0.717) is 33.8 Å². The Morgan fingerprint density at radius 3 is 2.28 bits per heavy atom. The van der Waals surface area contributed by atoms with Gasteiger partial charge in [0.25, 0.3) is 11.5 Å². The van der Waals surface area contributed by atoms with Gasteiger partial charge in [-0.1, -0.05) is 23.4 Å². The molecule has 8 nitrogen and oxygen atoms in total. The molecule has 204 valence electrons. The van der Waals surface area contributed by atoms with Gasteiger partial charge in [-0.15, -0.1) is 0 Å². The molecule has 0 unspecified atom stereocenters. The van der Waals surface area contributed by atoms with Gasteiger partial charge in [0.05, 0.1) is 16.2 Å². The van der Waals surface area contributed by atoms with Crippen molar-refractivity contribution in [3.8, 4) is 16.8 Å². The first-order valence-corrected chi connectivity index (χ1v) is 13.5. The summed E-state index contributed by atoms with van der Waals surface area (Å²) >= 11 is 0. The minimum atomic E-state index is -4.64. The lowest BCUT2D eigenvalue weighted by atomic mass is 9.99. The van der Waals surface area contributed by atoms with E-state index in [2.05, 4.69) is 10.5 Å². The van der Waals surface area contributed by atoms with Crippen LogP contribution < -0.4 is 10.9 Å². The molecule has 2 heterocycles. The SMILES string of the molecule is Cc1noc(C)c1-c1cc(C(=O)NCc2ccc(S(C)(=O)=O)cc2)c(=O)n(-c2cccc(C(F)(F)F)c2)c1C. The maximum atomic E-state index is 13.6. The fourth-order valence-electron chi connectivity index (χ4n) is 4.25. The average Bonchev–Trinajstić information content (AvgIpc) is 3.20. The van der Waals surface area contributed by atoms with Crippen molar-refractivity contribution < 1.29 is 30.9 Å². The molecule has 0 fully saturated rings. The summed E-state index contributed by atoms with van der Waals surface area (Å²) < 4.78 is 70.0. The molecule has 2 aromatic carbocycles. The highest BCUT2D eigenvalue weighted by Crippen LogP contribution is 2.33. The van der Waals surface area contributed by atoms with Gasteiger partial charge in [-0.05, 0) is 62.7 Å². The van der Waals surface area contributed by atoms with Crippen LogP contribution in [-0.2, 0) is 22.6 Å². The Balaban J connectivity index is 1.82. The van der Waals surface area contributed by atoms with Crippen LogP contribution in [0.1, 0.15) is 38.6 Å². The quantitative estimate of drug-likeness (QED) is 0.364. The molecule has 0 bridgehead atoms. The molecule has 2 aromatic heterocycles. The highest BCUT2D eigenvalue weighted by Gasteiger charge is 2.31. The molecule has 39 heavy (non-hydrogen) atoms. The zero-order valence-corrected chi connectivity index (χ0v) is 22.2. The number of benzene rings is 2. The lowest BCUT2D eigenvalue weighted by Gasteiger charge is -2.18. The molecule has 1 N–H and O–H groups in total. The van der Waals surface area contributed by atoms with Crippen LogP contribution in [0.2, 0.25) is 0 Å². The van der Waals surface area contributed by atoms with Crippen LogP contribution in [0.5, 0.6) is 0 Å². The molecule has 0 aliphatic rings. The summed E-state index contributed by atoms with van der Waals surface area (Å²) in [6, 6.07) is 11.5. The Labute approximate surface area is 222 Å².